The third kappa shape index (κ3) is 4.92. The van der Waals surface area contributed by atoms with Crippen molar-refractivity contribution >= 4 is 51.9 Å². The number of hydrazone groups is 1. The first-order chi connectivity index (χ1) is 14.2. The van der Waals surface area contributed by atoms with Crippen LogP contribution in [-0.2, 0) is 0 Å². The van der Waals surface area contributed by atoms with Gasteiger partial charge in [-0.2, -0.15) is 10.2 Å². The number of hydrogen-bond donors (Lipinski definition) is 2. The Morgan fingerprint density at radius 1 is 1.20 bits per heavy atom. The maximum absolute atomic E-state index is 12.6. The summed E-state index contributed by atoms with van der Waals surface area (Å²) in [6.07, 6.45) is 0.903. The maximum atomic E-state index is 12.6. The Labute approximate surface area is 186 Å². The van der Waals surface area contributed by atoms with E-state index in [0.717, 1.165) is 11.3 Å². The van der Waals surface area contributed by atoms with Gasteiger partial charge in [-0.3, -0.25) is 5.21 Å². The number of urea groups is 1. The van der Waals surface area contributed by atoms with Crippen LogP contribution in [0.15, 0.2) is 59.7 Å². The number of benzene rings is 2. The van der Waals surface area contributed by atoms with Crippen molar-refractivity contribution in [3.8, 4) is 0 Å². The van der Waals surface area contributed by atoms with Gasteiger partial charge in [-0.25, -0.2) is 9.80 Å². The Balaban J connectivity index is 1.79. The van der Waals surface area contributed by atoms with Gasteiger partial charge in [0.15, 0.2) is 10.5 Å². The molecule has 0 unspecified atom stereocenters. The van der Waals surface area contributed by atoms with E-state index in [9.17, 15) is 10.0 Å². The normalized spacial score (nSPS) is 18.0. The summed E-state index contributed by atoms with van der Waals surface area (Å²) in [5.41, 5.74) is 2.55. The number of para-hydroxylation sites is 1. The molecule has 2 aromatic carbocycles. The Kier molecular flexibility index (Phi) is 6.64. The molecular weight excluding hydrogens is 418 g/mol. The van der Waals surface area contributed by atoms with Gasteiger partial charge in [0.2, 0.25) is 0 Å². The molecule has 1 aliphatic heterocycles. The van der Waals surface area contributed by atoms with Crippen molar-refractivity contribution in [2.24, 2.45) is 5.10 Å². The van der Waals surface area contributed by atoms with Crippen LogP contribution in [0.4, 0.5) is 16.2 Å². The molecule has 0 aromatic heterocycles. The minimum Gasteiger partial charge on any atom is -0.378 e. The van der Waals surface area contributed by atoms with Gasteiger partial charge in [-0.05, 0) is 43.7 Å². The number of nitrogens with one attached hydrogen (secondary N) is 1. The first-order valence-electron chi connectivity index (χ1n) is 9.37. The van der Waals surface area contributed by atoms with Crippen molar-refractivity contribution in [2.45, 2.75) is 24.8 Å². The molecule has 1 fully saturated rings. The van der Waals surface area contributed by atoms with E-state index < -0.39 is 16.9 Å². The van der Waals surface area contributed by atoms with E-state index in [1.54, 1.807) is 30.5 Å². The topological polar surface area (TPSA) is 71.4 Å². The van der Waals surface area contributed by atoms with Crippen LogP contribution in [0.25, 0.3) is 0 Å². The average Bonchev–Trinajstić information content (AvgIpc) is 2.94. The molecule has 1 saturated heterocycles. The quantitative estimate of drug-likeness (QED) is 0.308. The SMILES string of the molecule is CN(C)c1ccc(/C=N\N2C(=S)SC(C)(C)[C@H]2N(O)C(=O)Nc2ccccc2)cc1. The van der Waals surface area contributed by atoms with Crippen molar-refractivity contribution < 1.29 is 10.0 Å². The number of hydroxylamine groups is 2. The molecule has 9 heteroatoms. The first kappa shape index (κ1) is 22.1. The van der Waals surface area contributed by atoms with Crippen molar-refractivity contribution in [3.63, 3.8) is 0 Å². The standard InChI is InChI=1S/C21H25N5O2S2/c1-21(2)18(26(28)19(27)23-16-8-6-5-7-9-16)25(20(29)30-21)22-14-15-10-12-17(13-11-15)24(3)4/h5-14,18,28H,1-4H3,(H,23,27)/b22-14-/t18-/m1/s1. The van der Waals surface area contributed by atoms with Gasteiger partial charge in [0.05, 0.1) is 11.0 Å². The minimum absolute atomic E-state index is 0.484. The minimum atomic E-state index is -0.768. The lowest BCUT2D eigenvalue weighted by Crippen LogP contribution is -2.54. The van der Waals surface area contributed by atoms with Gasteiger partial charge in [0, 0.05) is 25.5 Å². The summed E-state index contributed by atoms with van der Waals surface area (Å²) in [4.78, 5) is 14.7. The van der Waals surface area contributed by atoms with E-state index in [0.29, 0.717) is 15.1 Å². The number of thioether (sulfide) groups is 1. The molecule has 1 atom stereocenters. The summed E-state index contributed by atoms with van der Waals surface area (Å²) < 4.78 is -0.0795. The van der Waals surface area contributed by atoms with E-state index >= 15 is 0 Å². The lowest BCUT2D eigenvalue weighted by molar-refractivity contribution is -0.114. The molecule has 0 radical (unpaired) electrons. The summed E-state index contributed by atoms with van der Waals surface area (Å²) in [5, 5.41) is 20.1. The summed E-state index contributed by atoms with van der Waals surface area (Å²) in [5.74, 6) is 0. The van der Waals surface area contributed by atoms with Crippen LogP contribution in [0.1, 0.15) is 19.4 Å². The molecule has 158 valence electrons. The highest BCUT2D eigenvalue weighted by atomic mass is 32.2. The molecule has 7 nitrogen and oxygen atoms in total. The van der Waals surface area contributed by atoms with Crippen LogP contribution < -0.4 is 10.2 Å². The van der Waals surface area contributed by atoms with E-state index in [1.165, 1.54) is 16.8 Å². The van der Waals surface area contributed by atoms with Gasteiger partial charge < -0.3 is 10.2 Å². The second-order valence-electron chi connectivity index (χ2n) is 7.56. The van der Waals surface area contributed by atoms with Crippen molar-refractivity contribution in [2.75, 3.05) is 24.3 Å². The first-order valence-corrected chi connectivity index (χ1v) is 10.6. The fourth-order valence-electron chi connectivity index (χ4n) is 3.03. The Morgan fingerprint density at radius 2 is 1.83 bits per heavy atom. The third-order valence-electron chi connectivity index (χ3n) is 4.60. The number of hydrogen-bond acceptors (Lipinski definition) is 6. The highest BCUT2D eigenvalue weighted by Crippen LogP contribution is 2.42. The Morgan fingerprint density at radius 3 is 2.43 bits per heavy atom. The summed E-state index contributed by atoms with van der Waals surface area (Å²) in [6.45, 7) is 3.82. The number of carbonyl (C=O) groups is 1. The molecule has 2 amide bonds. The highest BCUT2D eigenvalue weighted by Gasteiger charge is 2.50. The number of anilines is 2. The number of nitrogens with zero attached hydrogens (tertiary/aromatic N) is 4. The Hall–Kier alpha value is -2.62. The fraction of sp³-hybridized carbons (Fsp3) is 0.286. The lowest BCUT2D eigenvalue weighted by atomic mass is 10.1. The van der Waals surface area contributed by atoms with Gasteiger partial charge in [-0.15, -0.1) is 0 Å². The van der Waals surface area contributed by atoms with Crippen LogP contribution in [0.3, 0.4) is 0 Å². The molecule has 0 saturated carbocycles. The van der Waals surface area contributed by atoms with Crippen molar-refractivity contribution in [3.05, 3.63) is 60.2 Å². The van der Waals surface area contributed by atoms with Crippen LogP contribution in [-0.4, -0.2) is 56.9 Å². The van der Waals surface area contributed by atoms with E-state index in [-0.39, 0.29) is 0 Å². The molecule has 1 heterocycles. The van der Waals surface area contributed by atoms with Crippen LogP contribution in [0.5, 0.6) is 0 Å². The molecule has 3 rings (SSSR count). The second kappa shape index (κ2) is 9.03. The smallest absolute Gasteiger partial charge is 0.347 e. The van der Waals surface area contributed by atoms with Gasteiger partial charge in [0.1, 0.15) is 0 Å². The molecule has 2 N–H and O–H groups in total. The molecule has 30 heavy (non-hydrogen) atoms. The van der Waals surface area contributed by atoms with E-state index in [1.807, 2.05) is 63.2 Å². The predicted molar refractivity (Wildman–Crippen MR) is 127 cm³/mol. The monoisotopic (exact) mass is 443 g/mol. The van der Waals surface area contributed by atoms with E-state index in [2.05, 4.69) is 10.4 Å². The average molecular weight is 444 g/mol. The number of amides is 2. The zero-order valence-electron chi connectivity index (χ0n) is 17.3. The van der Waals surface area contributed by atoms with Crippen LogP contribution >= 0.6 is 24.0 Å². The highest BCUT2D eigenvalue weighted by molar-refractivity contribution is 8.24. The molecule has 2 aromatic rings. The molecule has 0 spiro atoms. The van der Waals surface area contributed by atoms with E-state index in [4.69, 9.17) is 12.2 Å². The zero-order valence-corrected chi connectivity index (χ0v) is 18.9. The van der Waals surface area contributed by atoms with Gasteiger partial charge in [-0.1, -0.05) is 54.3 Å². The van der Waals surface area contributed by atoms with Crippen molar-refractivity contribution in [1.29, 1.82) is 0 Å². The third-order valence-corrected chi connectivity index (χ3v) is 6.13. The fourth-order valence-corrected chi connectivity index (χ4v) is 4.81. The summed E-state index contributed by atoms with van der Waals surface area (Å²) in [7, 11) is 3.96. The Bertz CT molecular complexity index is 932. The molecule has 1 aliphatic rings. The molecular formula is C21H25N5O2S2. The summed E-state index contributed by atoms with van der Waals surface area (Å²) in [6, 6.07) is 16.2. The van der Waals surface area contributed by atoms with Crippen molar-refractivity contribution in [1.82, 2.24) is 10.1 Å². The number of carbonyl (C=O) groups excluding carboxylic acids is 1. The van der Waals surface area contributed by atoms with Gasteiger partial charge >= 0.3 is 6.03 Å². The van der Waals surface area contributed by atoms with Crippen LogP contribution in [0.2, 0.25) is 0 Å². The van der Waals surface area contributed by atoms with Gasteiger partial charge in [0.25, 0.3) is 0 Å². The molecule has 0 bridgehead atoms. The summed E-state index contributed by atoms with van der Waals surface area (Å²) >= 11 is 6.86. The predicted octanol–water partition coefficient (Wildman–Crippen LogP) is 4.45. The zero-order chi connectivity index (χ0) is 21.9. The number of thiocarbonyl (C=S) groups is 1. The number of rotatable bonds is 5. The lowest BCUT2D eigenvalue weighted by Gasteiger charge is -2.34. The second-order valence-corrected chi connectivity index (χ2v) is 9.85. The molecule has 0 aliphatic carbocycles. The van der Waals surface area contributed by atoms with Crippen LogP contribution in [0, 0.1) is 0 Å². The maximum Gasteiger partial charge on any atom is 0.347 e. The largest absolute Gasteiger partial charge is 0.378 e.